The van der Waals surface area contributed by atoms with E-state index in [1.807, 2.05) is 4.90 Å². The summed E-state index contributed by atoms with van der Waals surface area (Å²) in [5, 5.41) is 0. The monoisotopic (exact) mass is 239 g/mol. The minimum Gasteiger partial charge on any atom is -0.351 e. The maximum absolute atomic E-state index is 13.8. The topological polar surface area (TPSA) is 67.1 Å². The van der Waals surface area contributed by atoms with Crippen LogP contribution in [0.3, 0.4) is 0 Å². The number of aromatic nitrogens is 2. The summed E-state index contributed by atoms with van der Waals surface area (Å²) in [7, 11) is 0. The Morgan fingerprint density at radius 1 is 1.53 bits per heavy atom. The molecule has 0 spiro atoms. The quantitative estimate of drug-likeness (QED) is 0.605. The lowest BCUT2D eigenvalue weighted by Gasteiger charge is -2.38. The molecular formula is C11H18FN5. The van der Waals surface area contributed by atoms with Crippen molar-refractivity contribution in [1.82, 2.24) is 9.97 Å². The minimum absolute atomic E-state index is 0.242. The van der Waals surface area contributed by atoms with Crippen LogP contribution in [0.1, 0.15) is 26.7 Å². The zero-order valence-electron chi connectivity index (χ0n) is 10.2. The van der Waals surface area contributed by atoms with Gasteiger partial charge in [-0.05, 0) is 25.7 Å². The molecule has 5 nitrogen and oxygen atoms in total. The summed E-state index contributed by atoms with van der Waals surface area (Å²) >= 11 is 0. The molecule has 0 bridgehead atoms. The first-order valence-corrected chi connectivity index (χ1v) is 5.89. The fourth-order valence-corrected chi connectivity index (χ4v) is 2.26. The smallest absolute Gasteiger partial charge is 0.239 e. The second-order valence-electron chi connectivity index (χ2n) is 4.56. The van der Waals surface area contributed by atoms with Crippen LogP contribution in [0.15, 0.2) is 6.20 Å². The minimum atomic E-state index is -0.398. The van der Waals surface area contributed by atoms with Crippen LogP contribution in [-0.2, 0) is 0 Å². The van der Waals surface area contributed by atoms with Gasteiger partial charge in [0.25, 0.3) is 0 Å². The third-order valence-electron chi connectivity index (χ3n) is 3.50. The van der Waals surface area contributed by atoms with E-state index in [1.165, 1.54) is 6.42 Å². The normalized spacial score (nSPS) is 24.8. The van der Waals surface area contributed by atoms with E-state index in [2.05, 4.69) is 29.2 Å². The second-order valence-corrected chi connectivity index (χ2v) is 4.56. The Kier molecular flexibility index (Phi) is 3.42. The summed E-state index contributed by atoms with van der Waals surface area (Å²) in [6.45, 7) is 5.10. The highest BCUT2D eigenvalue weighted by Crippen LogP contribution is 2.28. The predicted octanol–water partition coefficient (Wildman–Crippen LogP) is 1.53. The number of nitrogens with one attached hydrogen (secondary N) is 1. The Balaban J connectivity index is 2.31. The molecule has 3 N–H and O–H groups in total. The number of nitrogens with two attached hydrogens (primary N) is 1. The molecule has 1 aliphatic heterocycles. The van der Waals surface area contributed by atoms with E-state index in [-0.39, 0.29) is 12.0 Å². The van der Waals surface area contributed by atoms with E-state index in [1.54, 1.807) is 0 Å². The van der Waals surface area contributed by atoms with E-state index in [4.69, 9.17) is 5.84 Å². The lowest BCUT2D eigenvalue weighted by molar-refractivity contribution is 0.358. The number of rotatable bonds is 2. The van der Waals surface area contributed by atoms with Crippen molar-refractivity contribution in [2.45, 2.75) is 32.7 Å². The van der Waals surface area contributed by atoms with Gasteiger partial charge in [-0.2, -0.15) is 4.98 Å². The van der Waals surface area contributed by atoms with Gasteiger partial charge in [-0.1, -0.05) is 6.92 Å². The molecule has 1 saturated heterocycles. The Morgan fingerprint density at radius 3 is 3.00 bits per heavy atom. The van der Waals surface area contributed by atoms with Crippen LogP contribution in [0, 0.1) is 11.7 Å². The largest absolute Gasteiger partial charge is 0.351 e. The molecule has 0 amide bonds. The fourth-order valence-electron chi connectivity index (χ4n) is 2.26. The van der Waals surface area contributed by atoms with Crippen molar-refractivity contribution in [2.24, 2.45) is 11.8 Å². The summed E-state index contributed by atoms with van der Waals surface area (Å²) in [5.74, 6) is 5.96. The summed E-state index contributed by atoms with van der Waals surface area (Å²) < 4.78 is 13.8. The molecule has 1 aromatic rings. The zero-order chi connectivity index (χ0) is 12.4. The molecule has 6 heteroatoms. The first kappa shape index (κ1) is 12.0. The molecule has 0 aliphatic carbocycles. The molecule has 1 aliphatic rings. The van der Waals surface area contributed by atoms with Gasteiger partial charge in [-0.25, -0.2) is 15.2 Å². The Labute approximate surface area is 100 Å². The first-order valence-electron chi connectivity index (χ1n) is 5.89. The van der Waals surface area contributed by atoms with Crippen molar-refractivity contribution in [3.8, 4) is 0 Å². The Morgan fingerprint density at radius 2 is 2.29 bits per heavy atom. The van der Waals surface area contributed by atoms with Crippen LogP contribution >= 0.6 is 0 Å². The van der Waals surface area contributed by atoms with Gasteiger partial charge in [-0.15, -0.1) is 0 Å². The van der Waals surface area contributed by atoms with Crippen molar-refractivity contribution < 1.29 is 4.39 Å². The lowest BCUT2D eigenvalue weighted by atomic mass is 9.92. The third kappa shape index (κ3) is 2.31. The van der Waals surface area contributed by atoms with Gasteiger partial charge in [-0.3, -0.25) is 5.43 Å². The van der Waals surface area contributed by atoms with Gasteiger partial charge in [0.15, 0.2) is 11.6 Å². The maximum Gasteiger partial charge on any atom is 0.239 e. The van der Waals surface area contributed by atoms with Crippen molar-refractivity contribution in [3.63, 3.8) is 0 Å². The number of piperidine rings is 1. The summed E-state index contributed by atoms with van der Waals surface area (Å²) in [6.07, 6.45) is 3.39. The third-order valence-corrected chi connectivity index (χ3v) is 3.50. The molecule has 0 radical (unpaired) electrons. The average Bonchev–Trinajstić information content (AvgIpc) is 2.34. The van der Waals surface area contributed by atoms with Crippen molar-refractivity contribution in [3.05, 3.63) is 12.0 Å². The van der Waals surface area contributed by atoms with Crippen molar-refractivity contribution >= 4 is 11.8 Å². The van der Waals surface area contributed by atoms with Crippen molar-refractivity contribution in [1.29, 1.82) is 0 Å². The average molecular weight is 239 g/mol. The molecule has 2 rings (SSSR count). The number of nitrogens with zero attached hydrogens (tertiary/aromatic N) is 3. The second kappa shape index (κ2) is 4.83. The molecule has 2 heterocycles. The number of anilines is 2. The van der Waals surface area contributed by atoms with Gasteiger partial charge >= 0.3 is 0 Å². The molecule has 0 aromatic carbocycles. The van der Waals surface area contributed by atoms with Crippen LogP contribution < -0.4 is 16.2 Å². The summed E-state index contributed by atoms with van der Waals surface area (Å²) in [5.41, 5.74) is 2.34. The van der Waals surface area contributed by atoms with E-state index >= 15 is 0 Å². The zero-order valence-corrected chi connectivity index (χ0v) is 10.2. The highest BCUT2D eigenvalue weighted by atomic mass is 19.1. The predicted molar refractivity (Wildman–Crippen MR) is 65.0 cm³/mol. The number of hydrogen-bond acceptors (Lipinski definition) is 5. The van der Waals surface area contributed by atoms with Gasteiger partial charge < -0.3 is 4.90 Å². The van der Waals surface area contributed by atoms with E-state index in [0.29, 0.717) is 11.7 Å². The molecular weight excluding hydrogens is 221 g/mol. The van der Waals surface area contributed by atoms with Gasteiger partial charge in [0.1, 0.15) is 0 Å². The molecule has 2 unspecified atom stereocenters. The molecule has 17 heavy (non-hydrogen) atoms. The number of nitrogen functional groups attached to an aromatic ring is 1. The van der Waals surface area contributed by atoms with Crippen LogP contribution in [0.25, 0.3) is 0 Å². The van der Waals surface area contributed by atoms with E-state index < -0.39 is 5.82 Å². The molecule has 2 atom stereocenters. The fraction of sp³-hybridized carbons (Fsp3) is 0.636. The van der Waals surface area contributed by atoms with Crippen LogP contribution in [0.2, 0.25) is 0 Å². The summed E-state index contributed by atoms with van der Waals surface area (Å²) in [6, 6.07) is 0.277. The lowest BCUT2D eigenvalue weighted by Crippen LogP contribution is -2.43. The molecule has 1 aromatic heterocycles. The first-order chi connectivity index (χ1) is 8.13. The summed E-state index contributed by atoms with van der Waals surface area (Å²) in [4.78, 5) is 9.84. The molecule has 94 valence electrons. The SMILES string of the molecule is CC1CCCN(c2nc(NN)ncc2F)C1C. The van der Waals surface area contributed by atoms with Crippen LogP contribution in [0.4, 0.5) is 16.2 Å². The van der Waals surface area contributed by atoms with Crippen molar-refractivity contribution in [2.75, 3.05) is 16.9 Å². The van der Waals surface area contributed by atoms with Gasteiger partial charge in [0.2, 0.25) is 5.95 Å². The Hall–Kier alpha value is -1.43. The Bertz CT molecular complexity index is 397. The van der Waals surface area contributed by atoms with Crippen LogP contribution in [0.5, 0.6) is 0 Å². The van der Waals surface area contributed by atoms with Crippen LogP contribution in [-0.4, -0.2) is 22.6 Å². The van der Waals surface area contributed by atoms with E-state index in [9.17, 15) is 4.39 Å². The standard InChI is InChI=1S/C11H18FN5/c1-7-4-3-5-17(8(7)2)10-9(12)6-14-11(15-10)16-13/h6-8H,3-5,13H2,1-2H3,(H,14,15,16). The highest BCUT2D eigenvalue weighted by Gasteiger charge is 2.27. The number of hydrazine groups is 1. The maximum atomic E-state index is 13.8. The highest BCUT2D eigenvalue weighted by molar-refractivity contribution is 5.45. The molecule has 1 fully saturated rings. The van der Waals surface area contributed by atoms with Gasteiger partial charge in [0, 0.05) is 12.6 Å². The number of halogens is 1. The number of hydrogen-bond donors (Lipinski definition) is 2. The van der Waals surface area contributed by atoms with Gasteiger partial charge in [0.05, 0.1) is 6.20 Å². The van der Waals surface area contributed by atoms with E-state index in [0.717, 1.165) is 19.2 Å². The molecule has 0 saturated carbocycles.